The van der Waals surface area contributed by atoms with E-state index >= 15 is 0 Å². The van der Waals surface area contributed by atoms with Crippen molar-refractivity contribution < 1.29 is 27.5 Å². The lowest BCUT2D eigenvalue weighted by molar-refractivity contribution is -0.141. The molecule has 0 aromatic rings. The second-order valence-corrected chi connectivity index (χ2v) is 6.84. The molecule has 0 N–H and O–H groups in total. The predicted octanol–water partition coefficient (Wildman–Crippen LogP) is 1.50. The van der Waals surface area contributed by atoms with Gasteiger partial charge >= 0.3 is 6.09 Å². The average Bonchev–Trinajstić information content (AvgIpc) is 2.80. The summed E-state index contributed by atoms with van der Waals surface area (Å²) in [6.07, 6.45) is 0.596. The molecule has 0 saturated carbocycles. The van der Waals surface area contributed by atoms with Crippen LogP contribution in [0.25, 0.3) is 0 Å². The quantitative estimate of drug-likeness (QED) is 0.324. The molecule has 0 aliphatic carbocycles. The van der Waals surface area contributed by atoms with Crippen LogP contribution in [0.3, 0.4) is 0 Å². The second kappa shape index (κ2) is 8.08. The van der Waals surface area contributed by atoms with Crippen LogP contribution in [0.15, 0.2) is 5.16 Å². The van der Waals surface area contributed by atoms with E-state index in [1.165, 1.54) is 18.8 Å². The molecular formula is C11H20N2O6S2. The monoisotopic (exact) mass is 340 g/mol. The molecule has 1 saturated heterocycles. The molecule has 0 radical (unpaired) electrons. The molecule has 2 unspecified atom stereocenters. The number of thioether (sulfide) groups is 1. The number of carbonyl (C=O) groups excluding carboxylic acids is 1. The Morgan fingerprint density at radius 2 is 2.24 bits per heavy atom. The van der Waals surface area contributed by atoms with Gasteiger partial charge in [-0.1, -0.05) is 5.16 Å². The van der Waals surface area contributed by atoms with Crippen molar-refractivity contribution in [2.75, 3.05) is 26.5 Å². The highest BCUT2D eigenvalue weighted by Gasteiger charge is 2.33. The first-order valence-corrected chi connectivity index (χ1v) is 8.41. The normalized spacial score (nSPS) is 22.9. The summed E-state index contributed by atoms with van der Waals surface area (Å²) in [6, 6.07) is 0. The third kappa shape index (κ3) is 6.30. The van der Waals surface area contributed by atoms with Gasteiger partial charge in [-0.05, 0) is 27.0 Å². The van der Waals surface area contributed by atoms with Gasteiger partial charge in [-0.25, -0.2) is 13.3 Å². The van der Waals surface area contributed by atoms with Crippen LogP contribution in [-0.2, 0) is 29.8 Å². The first-order valence-electron chi connectivity index (χ1n) is 6.15. The van der Waals surface area contributed by atoms with Gasteiger partial charge < -0.3 is 9.47 Å². The van der Waals surface area contributed by atoms with E-state index in [9.17, 15) is 9.00 Å². The lowest BCUT2D eigenvalue weighted by atomic mass is 10.4. The third-order valence-electron chi connectivity index (χ3n) is 2.45. The Morgan fingerprint density at radius 3 is 2.76 bits per heavy atom. The number of carbonyl (C=O) groups is 1. The van der Waals surface area contributed by atoms with Crippen LogP contribution in [-0.4, -0.2) is 58.1 Å². The zero-order valence-corrected chi connectivity index (χ0v) is 14.3. The fourth-order valence-corrected chi connectivity index (χ4v) is 2.01. The molecule has 0 aromatic carbocycles. The molecule has 10 heteroatoms. The molecule has 1 aliphatic rings. The number of ether oxygens (including phenoxy) is 2. The molecular weight excluding hydrogens is 320 g/mol. The molecule has 1 aliphatic heterocycles. The lowest BCUT2D eigenvalue weighted by Gasteiger charge is -2.17. The SMILES string of the molecule is CSC(C)=NOC(=O)N(C)S(=O)OCC1COC(C)(C)O1. The van der Waals surface area contributed by atoms with Gasteiger partial charge in [0.25, 0.3) is 11.3 Å². The van der Waals surface area contributed by atoms with Crippen molar-refractivity contribution in [2.45, 2.75) is 32.7 Å². The van der Waals surface area contributed by atoms with Crippen LogP contribution in [0.5, 0.6) is 0 Å². The predicted molar refractivity (Wildman–Crippen MR) is 79.9 cm³/mol. The standard InChI is InChI=1S/C11H20N2O6S2/c1-8(20-5)12-19-10(14)13(4)21(15)17-7-9-6-16-11(2,3)18-9/h9H,6-7H2,1-5H3. The average molecular weight is 340 g/mol. The zero-order valence-electron chi connectivity index (χ0n) is 12.7. The first-order chi connectivity index (χ1) is 9.75. The number of hydrogen-bond acceptors (Lipinski definition) is 8. The highest BCUT2D eigenvalue weighted by atomic mass is 32.2. The lowest BCUT2D eigenvalue weighted by Crippen LogP contribution is -2.32. The molecule has 1 heterocycles. The van der Waals surface area contributed by atoms with Crippen LogP contribution in [0, 0.1) is 0 Å². The number of amides is 1. The Balaban J connectivity index is 2.36. The van der Waals surface area contributed by atoms with Crippen LogP contribution in [0.2, 0.25) is 0 Å². The van der Waals surface area contributed by atoms with Gasteiger partial charge in [0.05, 0.1) is 13.2 Å². The van der Waals surface area contributed by atoms with Gasteiger partial charge in [-0.2, -0.15) is 0 Å². The molecule has 8 nitrogen and oxygen atoms in total. The largest absolute Gasteiger partial charge is 0.449 e. The Morgan fingerprint density at radius 1 is 1.57 bits per heavy atom. The van der Waals surface area contributed by atoms with Crippen molar-refractivity contribution in [3.8, 4) is 0 Å². The van der Waals surface area contributed by atoms with Gasteiger partial charge in [-0.3, -0.25) is 9.02 Å². The fraction of sp³-hybridized carbons (Fsp3) is 0.818. The molecule has 0 bridgehead atoms. The molecule has 21 heavy (non-hydrogen) atoms. The summed E-state index contributed by atoms with van der Waals surface area (Å²) in [5.41, 5.74) is 0. The van der Waals surface area contributed by atoms with Crippen LogP contribution in [0.1, 0.15) is 20.8 Å². The summed E-state index contributed by atoms with van der Waals surface area (Å²) in [4.78, 5) is 16.2. The maximum Gasteiger partial charge on any atom is 0.449 e. The van der Waals surface area contributed by atoms with Crippen molar-refractivity contribution in [2.24, 2.45) is 5.16 Å². The van der Waals surface area contributed by atoms with E-state index < -0.39 is 23.1 Å². The summed E-state index contributed by atoms with van der Waals surface area (Å²) >= 11 is -0.655. The minimum absolute atomic E-state index is 0.0424. The maximum atomic E-state index is 11.8. The minimum Gasteiger partial charge on any atom is -0.348 e. The Labute approximate surface area is 130 Å². The molecule has 0 spiro atoms. The van der Waals surface area contributed by atoms with Crippen molar-refractivity contribution in [3.63, 3.8) is 0 Å². The Kier molecular flexibility index (Phi) is 7.07. The summed E-state index contributed by atoms with van der Waals surface area (Å²) in [5.74, 6) is -0.676. The van der Waals surface area contributed by atoms with Gasteiger partial charge in [-0.15, -0.1) is 11.8 Å². The van der Waals surface area contributed by atoms with E-state index in [2.05, 4.69) is 9.99 Å². The van der Waals surface area contributed by atoms with Gasteiger partial charge in [0.1, 0.15) is 11.1 Å². The van der Waals surface area contributed by atoms with E-state index in [0.717, 1.165) is 4.31 Å². The van der Waals surface area contributed by atoms with Crippen LogP contribution in [0.4, 0.5) is 4.79 Å². The number of hydrogen-bond donors (Lipinski definition) is 0. The zero-order chi connectivity index (χ0) is 16.0. The second-order valence-electron chi connectivity index (χ2n) is 4.62. The van der Waals surface area contributed by atoms with Crippen LogP contribution >= 0.6 is 11.8 Å². The molecule has 0 aromatic heterocycles. The van der Waals surface area contributed by atoms with E-state index in [1.807, 2.05) is 0 Å². The minimum atomic E-state index is -1.99. The van der Waals surface area contributed by atoms with E-state index in [1.54, 1.807) is 27.0 Å². The van der Waals surface area contributed by atoms with Gasteiger partial charge in [0.2, 0.25) is 0 Å². The summed E-state index contributed by atoms with van der Waals surface area (Å²) in [7, 11) is 1.29. The highest BCUT2D eigenvalue weighted by Crippen LogP contribution is 2.22. The van der Waals surface area contributed by atoms with Crippen molar-refractivity contribution in [1.82, 2.24) is 4.31 Å². The Hall–Kier alpha value is -0.680. The Bertz CT molecular complexity index is 429. The molecule has 1 rings (SSSR count). The molecule has 2 atom stereocenters. The van der Waals surface area contributed by atoms with Gasteiger partial charge in [0, 0.05) is 7.05 Å². The van der Waals surface area contributed by atoms with Gasteiger partial charge in [0.15, 0.2) is 5.79 Å². The van der Waals surface area contributed by atoms with E-state index in [4.69, 9.17) is 13.7 Å². The van der Waals surface area contributed by atoms with Crippen LogP contribution < -0.4 is 0 Å². The summed E-state index contributed by atoms with van der Waals surface area (Å²) in [6.45, 7) is 5.63. The molecule has 122 valence electrons. The highest BCUT2D eigenvalue weighted by molar-refractivity contribution is 8.13. The smallest absolute Gasteiger partial charge is 0.348 e. The fourth-order valence-electron chi connectivity index (χ4n) is 1.32. The maximum absolute atomic E-state index is 11.8. The topological polar surface area (TPSA) is 86.7 Å². The van der Waals surface area contributed by atoms with Crippen molar-refractivity contribution in [1.29, 1.82) is 0 Å². The summed E-state index contributed by atoms with van der Waals surface area (Å²) in [5, 5.41) is 4.13. The number of nitrogens with zero attached hydrogens (tertiary/aromatic N) is 2. The molecule has 1 amide bonds. The van der Waals surface area contributed by atoms with E-state index in [-0.39, 0.29) is 12.7 Å². The van der Waals surface area contributed by atoms with Crippen molar-refractivity contribution >= 4 is 34.2 Å². The number of rotatable bonds is 5. The third-order valence-corrected chi connectivity index (χ3v) is 4.05. The molecule has 1 fully saturated rings. The van der Waals surface area contributed by atoms with Crippen molar-refractivity contribution in [3.05, 3.63) is 0 Å². The summed E-state index contributed by atoms with van der Waals surface area (Å²) < 4.78 is 28.5. The first kappa shape index (κ1) is 18.4. The number of oxime groups is 1. The van der Waals surface area contributed by atoms with E-state index in [0.29, 0.717) is 11.7 Å².